The smallest absolute Gasteiger partial charge is 0.207 e. The SMILES string of the molecule is COc1c2c(c(O)c3c4c(c(C)cc13)C1OC3(C(C)C)OC1[C@@](C)(O4)[C@@]31CO1)C(=O)C(O)C[C@@H]2O. The van der Waals surface area contributed by atoms with Crippen molar-refractivity contribution in [1.82, 2.24) is 0 Å². The number of epoxide rings is 1. The number of aryl methyl sites for hydroxylation is 1. The molecule has 7 rings (SSSR count). The number of Topliss-reactive ketones (excluding diaryl/α,β-unsaturated/α-hetero) is 1. The molecule has 2 aromatic carbocycles. The molecule has 4 unspecified atom stereocenters. The third-order valence-electron chi connectivity index (χ3n) is 8.87. The normalized spacial score (nSPS) is 40.3. The highest BCUT2D eigenvalue weighted by Gasteiger charge is 2.88. The highest BCUT2D eigenvalue weighted by molar-refractivity contribution is 6.13. The number of ketones is 1. The van der Waals surface area contributed by atoms with E-state index in [4.69, 9.17) is 23.7 Å². The van der Waals surface area contributed by atoms with Gasteiger partial charge < -0.3 is 39.0 Å². The number of hydrogen-bond acceptors (Lipinski definition) is 9. The van der Waals surface area contributed by atoms with Crippen LogP contribution in [0.15, 0.2) is 6.07 Å². The number of benzene rings is 2. The molecule has 2 bridgehead atoms. The highest BCUT2D eigenvalue weighted by Crippen LogP contribution is 2.72. The average Bonchev–Trinajstić information content (AvgIpc) is 3.46. The largest absolute Gasteiger partial charge is 0.506 e. The molecule has 35 heavy (non-hydrogen) atoms. The Bertz CT molecular complexity index is 1340. The van der Waals surface area contributed by atoms with Gasteiger partial charge in [-0.15, -0.1) is 0 Å². The zero-order valence-corrected chi connectivity index (χ0v) is 20.2. The summed E-state index contributed by atoms with van der Waals surface area (Å²) in [6.45, 7) is 8.37. The number of fused-ring (bicyclic) bond motifs is 8. The fourth-order valence-corrected chi connectivity index (χ4v) is 7.14. The van der Waals surface area contributed by atoms with Crippen molar-refractivity contribution in [3.63, 3.8) is 0 Å². The van der Waals surface area contributed by atoms with Crippen molar-refractivity contribution < 1.29 is 43.8 Å². The number of carbonyl (C=O) groups is 1. The van der Waals surface area contributed by atoms with E-state index in [2.05, 4.69) is 0 Å². The van der Waals surface area contributed by atoms with E-state index in [1.165, 1.54) is 7.11 Å². The number of hydrogen-bond donors (Lipinski definition) is 3. The summed E-state index contributed by atoms with van der Waals surface area (Å²) >= 11 is 0. The number of carbonyl (C=O) groups excluding carboxylic acids is 1. The quantitative estimate of drug-likeness (QED) is 0.551. The van der Waals surface area contributed by atoms with E-state index in [9.17, 15) is 20.1 Å². The number of aromatic hydroxyl groups is 1. The molecule has 4 heterocycles. The standard InChI is InChI=1S/C26H28O9/c1-9(2)26-25(8-32-25)24(4)23(35-26)22(34-26)14-10(3)6-11-15(21(14)33-24)19(30)17-16(20(11)31-5)12(27)7-13(28)18(17)29/h6,9,12-13,22-23,27-28,30H,7-8H2,1-5H3/t12-,13?,22?,23?,24+,25-,26?/m0/s1. The van der Waals surface area contributed by atoms with Gasteiger partial charge in [0.05, 0.1) is 30.8 Å². The van der Waals surface area contributed by atoms with Crippen LogP contribution in [0.3, 0.4) is 0 Å². The molecule has 9 heteroatoms. The Morgan fingerprint density at radius 2 is 1.89 bits per heavy atom. The fourth-order valence-electron chi connectivity index (χ4n) is 7.14. The van der Waals surface area contributed by atoms with Gasteiger partial charge in [0, 0.05) is 28.9 Å². The third-order valence-corrected chi connectivity index (χ3v) is 8.87. The summed E-state index contributed by atoms with van der Waals surface area (Å²) < 4.78 is 31.7. The molecule has 2 aromatic rings. The first-order chi connectivity index (χ1) is 16.5. The van der Waals surface area contributed by atoms with E-state index in [0.717, 1.165) is 11.1 Å². The molecule has 0 aromatic heterocycles. The van der Waals surface area contributed by atoms with Gasteiger partial charge in [0.25, 0.3) is 0 Å². The maximum atomic E-state index is 13.0. The van der Waals surface area contributed by atoms with Crippen LogP contribution in [0.1, 0.15) is 66.4 Å². The summed E-state index contributed by atoms with van der Waals surface area (Å²) in [7, 11) is 1.45. The lowest BCUT2D eigenvalue weighted by Crippen LogP contribution is -2.65. The summed E-state index contributed by atoms with van der Waals surface area (Å²) in [5, 5.41) is 33.3. The van der Waals surface area contributed by atoms with Gasteiger partial charge in [0.2, 0.25) is 5.79 Å². The molecule has 3 N–H and O–H groups in total. The van der Waals surface area contributed by atoms with Crippen molar-refractivity contribution in [2.45, 2.75) is 75.5 Å². The molecule has 0 saturated carbocycles. The summed E-state index contributed by atoms with van der Waals surface area (Å²) in [5.74, 6) is -1.31. The minimum Gasteiger partial charge on any atom is -0.506 e. The van der Waals surface area contributed by atoms with Crippen molar-refractivity contribution in [1.29, 1.82) is 0 Å². The van der Waals surface area contributed by atoms with Crippen LogP contribution >= 0.6 is 0 Å². The molecule has 5 aliphatic rings. The molecule has 186 valence electrons. The van der Waals surface area contributed by atoms with E-state index in [1.54, 1.807) is 0 Å². The number of ether oxygens (including phenoxy) is 5. The van der Waals surface area contributed by atoms with Crippen LogP contribution in [0.2, 0.25) is 0 Å². The Labute approximate surface area is 201 Å². The lowest BCUT2D eigenvalue weighted by atomic mass is 9.71. The summed E-state index contributed by atoms with van der Waals surface area (Å²) in [6.07, 6.45) is -3.64. The average molecular weight is 485 g/mol. The van der Waals surface area contributed by atoms with E-state index in [1.807, 2.05) is 33.8 Å². The van der Waals surface area contributed by atoms with Crippen LogP contribution in [0.5, 0.6) is 17.2 Å². The minimum absolute atomic E-state index is 0.00588. The summed E-state index contributed by atoms with van der Waals surface area (Å²) in [5.41, 5.74) is -0.0777. The maximum absolute atomic E-state index is 13.0. The van der Waals surface area contributed by atoms with Crippen LogP contribution in [-0.2, 0) is 14.2 Å². The molecule has 1 spiro atoms. The number of rotatable bonds is 2. The molecule has 4 aliphatic heterocycles. The summed E-state index contributed by atoms with van der Waals surface area (Å²) in [4.78, 5) is 13.0. The number of aliphatic hydroxyl groups excluding tert-OH is 2. The van der Waals surface area contributed by atoms with Crippen LogP contribution in [0.4, 0.5) is 0 Å². The van der Waals surface area contributed by atoms with E-state index in [0.29, 0.717) is 17.7 Å². The second-order valence-electron chi connectivity index (χ2n) is 10.9. The third kappa shape index (κ3) is 2.14. The van der Waals surface area contributed by atoms with Crippen molar-refractivity contribution in [3.05, 3.63) is 28.3 Å². The number of phenolic OH excluding ortho intramolecular Hbond substituents is 1. The van der Waals surface area contributed by atoms with E-state index < -0.39 is 47.2 Å². The van der Waals surface area contributed by atoms with Gasteiger partial charge in [0.1, 0.15) is 35.6 Å². The lowest BCUT2D eigenvalue weighted by molar-refractivity contribution is -0.242. The van der Waals surface area contributed by atoms with Gasteiger partial charge >= 0.3 is 0 Å². The zero-order chi connectivity index (χ0) is 24.8. The predicted octanol–water partition coefficient (Wildman–Crippen LogP) is 2.59. The molecule has 0 amide bonds. The van der Waals surface area contributed by atoms with Crippen LogP contribution < -0.4 is 9.47 Å². The Morgan fingerprint density at radius 1 is 1.17 bits per heavy atom. The molecule has 3 fully saturated rings. The summed E-state index contributed by atoms with van der Waals surface area (Å²) in [6, 6.07) is 1.85. The maximum Gasteiger partial charge on any atom is 0.207 e. The van der Waals surface area contributed by atoms with E-state index in [-0.39, 0.29) is 40.4 Å². The molecule has 7 atom stereocenters. The molecule has 3 saturated heterocycles. The first-order valence-corrected chi connectivity index (χ1v) is 12.0. The van der Waals surface area contributed by atoms with Gasteiger partial charge in [-0.05, 0) is 25.5 Å². The van der Waals surface area contributed by atoms with Crippen LogP contribution in [0.25, 0.3) is 10.8 Å². The molecular formula is C26H28O9. The van der Waals surface area contributed by atoms with E-state index >= 15 is 0 Å². The highest BCUT2D eigenvalue weighted by atomic mass is 16.8. The Hall–Kier alpha value is -2.43. The first-order valence-electron chi connectivity index (χ1n) is 12.0. The second-order valence-corrected chi connectivity index (χ2v) is 10.9. The predicted molar refractivity (Wildman–Crippen MR) is 121 cm³/mol. The molecule has 1 aliphatic carbocycles. The zero-order valence-electron chi connectivity index (χ0n) is 20.2. The fraction of sp³-hybridized carbons (Fsp3) is 0.577. The van der Waals surface area contributed by atoms with Gasteiger partial charge in [0.15, 0.2) is 17.0 Å². The van der Waals surface area contributed by atoms with Crippen LogP contribution in [0, 0.1) is 12.8 Å². The minimum atomic E-state index is -1.43. The Balaban J connectivity index is 1.56. The Morgan fingerprint density at radius 3 is 2.51 bits per heavy atom. The second kappa shape index (κ2) is 6.27. The van der Waals surface area contributed by atoms with Gasteiger partial charge in [-0.3, -0.25) is 4.79 Å². The number of phenols is 1. The molecule has 9 nitrogen and oxygen atoms in total. The monoisotopic (exact) mass is 484 g/mol. The van der Waals surface area contributed by atoms with Crippen molar-refractivity contribution in [3.8, 4) is 17.2 Å². The number of methoxy groups -OCH3 is 1. The van der Waals surface area contributed by atoms with Crippen molar-refractivity contribution >= 4 is 16.6 Å². The topological polar surface area (TPSA) is 127 Å². The first kappa shape index (κ1) is 21.8. The van der Waals surface area contributed by atoms with Crippen molar-refractivity contribution in [2.75, 3.05) is 13.7 Å². The Kier molecular flexibility index (Phi) is 3.91. The van der Waals surface area contributed by atoms with Gasteiger partial charge in [-0.25, -0.2) is 0 Å². The van der Waals surface area contributed by atoms with Crippen molar-refractivity contribution in [2.24, 2.45) is 5.92 Å². The molecular weight excluding hydrogens is 456 g/mol. The van der Waals surface area contributed by atoms with Gasteiger partial charge in [-0.1, -0.05) is 13.8 Å². The lowest BCUT2D eigenvalue weighted by Gasteiger charge is -2.49. The molecule has 0 radical (unpaired) electrons. The van der Waals surface area contributed by atoms with Crippen LogP contribution in [-0.4, -0.2) is 64.0 Å². The number of aliphatic hydroxyl groups is 2. The van der Waals surface area contributed by atoms with Gasteiger partial charge in [-0.2, -0.15) is 0 Å².